The van der Waals surface area contributed by atoms with Gasteiger partial charge in [-0.1, -0.05) is 17.7 Å². The zero-order chi connectivity index (χ0) is 22.3. The summed E-state index contributed by atoms with van der Waals surface area (Å²) in [6, 6.07) is 4.47. The smallest absolute Gasteiger partial charge is 0.353 e. The molecule has 0 radical (unpaired) electrons. The van der Waals surface area contributed by atoms with E-state index in [1.54, 1.807) is 4.90 Å². The van der Waals surface area contributed by atoms with E-state index in [2.05, 4.69) is 4.98 Å². The minimum Gasteiger partial charge on any atom is -0.353 e. The summed E-state index contributed by atoms with van der Waals surface area (Å²) in [5, 5.41) is 10.9. The van der Waals surface area contributed by atoms with Crippen LogP contribution in [0.2, 0.25) is 5.02 Å². The van der Waals surface area contributed by atoms with Crippen molar-refractivity contribution in [2.24, 2.45) is 0 Å². The van der Waals surface area contributed by atoms with Crippen molar-refractivity contribution < 1.29 is 26.5 Å². The van der Waals surface area contributed by atoms with E-state index in [9.17, 15) is 31.7 Å². The Labute approximate surface area is 175 Å². The second-order valence-electron chi connectivity index (χ2n) is 6.62. The van der Waals surface area contributed by atoms with Crippen molar-refractivity contribution >= 4 is 33.1 Å². The number of aromatic nitrogens is 1. The summed E-state index contributed by atoms with van der Waals surface area (Å²) in [6.07, 6.45) is -3.89. The van der Waals surface area contributed by atoms with E-state index in [0.29, 0.717) is 11.8 Å². The minimum atomic E-state index is -4.57. The molecule has 162 valence electrons. The highest BCUT2D eigenvalue weighted by Gasteiger charge is 2.34. The van der Waals surface area contributed by atoms with Gasteiger partial charge in [0, 0.05) is 44.0 Å². The van der Waals surface area contributed by atoms with Crippen molar-refractivity contribution in [3.05, 3.63) is 56.7 Å². The molecule has 0 saturated carbocycles. The number of hydrogen-bond donors (Lipinski definition) is 0. The molecule has 8 nitrogen and oxygen atoms in total. The van der Waals surface area contributed by atoms with E-state index in [-0.39, 0.29) is 47.6 Å². The van der Waals surface area contributed by atoms with E-state index in [1.165, 1.54) is 19.1 Å². The zero-order valence-electron chi connectivity index (χ0n) is 15.6. The summed E-state index contributed by atoms with van der Waals surface area (Å²) in [5.74, 6) is 0.132. The van der Waals surface area contributed by atoms with E-state index >= 15 is 0 Å². The van der Waals surface area contributed by atoms with Crippen LogP contribution in [-0.4, -0.2) is 48.8 Å². The van der Waals surface area contributed by atoms with Gasteiger partial charge in [0.15, 0.2) is 0 Å². The topological polar surface area (TPSA) is 96.7 Å². The molecule has 0 spiro atoms. The van der Waals surface area contributed by atoms with Crippen LogP contribution in [0.4, 0.5) is 24.7 Å². The Balaban J connectivity index is 1.77. The van der Waals surface area contributed by atoms with Crippen LogP contribution < -0.4 is 4.90 Å². The highest BCUT2D eigenvalue weighted by atomic mass is 35.5. The van der Waals surface area contributed by atoms with Crippen LogP contribution in [0.5, 0.6) is 0 Å². The maximum Gasteiger partial charge on any atom is 0.417 e. The number of nitrogens with zero attached hydrogens (tertiary/aromatic N) is 4. The number of nitro groups is 1. The number of rotatable bonds is 4. The molecule has 1 aromatic heterocycles. The third kappa shape index (κ3) is 4.35. The fourth-order valence-electron chi connectivity index (χ4n) is 3.05. The van der Waals surface area contributed by atoms with Gasteiger partial charge in [-0.15, -0.1) is 0 Å². The second-order valence-corrected chi connectivity index (χ2v) is 8.97. The lowest BCUT2D eigenvalue weighted by molar-refractivity contribution is -0.385. The van der Waals surface area contributed by atoms with Gasteiger partial charge in [-0.2, -0.15) is 17.5 Å². The molecule has 3 rings (SSSR count). The Kier molecular flexibility index (Phi) is 5.94. The van der Waals surface area contributed by atoms with Crippen LogP contribution >= 0.6 is 11.6 Å². The van der Waals surface area contributed by atoms with E-state index in [1.807, 2.05) is 0 Å². The van der Waals surface area contributed by atoms with Gasteiger partial charge in [-0.05, 0) is 19.1 Å². The van der Waals surface area contributed by atoms with Crippen molar-refractivity contribution in [2.75, 3.05) is 31.1 Å². The molecule has 0 atom stereocenters. The number of hydrogen-bond acceptors (Lipinski definition) is 6. The van der Waals surface area contributed by atoms with E-state index in [4.69, 9.17) is 11.6 Å². The van der Waals surface area contributed by atoms with Crippen LogP contribution in [0.3, 0.4) is 0 Å². The van der Waals surface area contributed by atoms with Crippen molar-refractivity contribution in [3.63, 3.8) is 0 Å². The van der Waals surface area contributed by atoms with Crippen LogP contribution in [0.25, 0.3) is 0 Å². The first-order valence-corrected chi connectivity index (χ1v) is 10.5. The standard InChI is InChI=1S/C17H16ClF3N4O4S/c1-11-2-3-13(9-15(11)25(26)27)30(28,29)24-6-4-23(5-7-24)16-14(18)8-12(10-22-16)17(19,20)21/h2-3,8-10H,4-7H2,1H3. The number of aryl methyl sites for hydroxylation is 1. The van der Waals surface area contributed by atoms with Gasteiger partial charge in [-0.25, -0.2) is 13.4 Å². The molecule has 1 saturated heterocycles. The average Bonchev–Trinajstić information content (AvgIpc) is 2.67. The summed E-state index contributed by atoms with van der Waals surface area (Å²) in [7, 11) is -3.98. The second kappa shape index (κ2) is 8.00. The molecule has 1 aliphatic rings. The molecular formula is C17H16ClF3N4O4S. The summed E-state index contributed by atoms with van der Waals surface area (Å²) in [4.78, 5) is 15.6. The molecule has 1 aromatic carbocycles. The quantitative estimate of drug-likeness (QED) is 0.507. The number of piperazine rings is 1. The first-order valence-electron chi connectivity index (χ1n) is 8.64. The highest BCUT2D eigenvalue weighted by Crippen LogP contribution is 2.34. The molecular weight excluding hydrogens is 449 g/mol. The van der Waals surface area contributed by atoms with Crippen LogP contribution in [0.15, 0.2) is 35.4 Å². The summed E-state index contributed by atoms with van der Waals surface area (Å²) in [5.41, 5.74) is -0.930. The van der Waals surface area contributed by atoms with Crippen LogP contribution in [0, 0.1) is 17.0 Å². The maximum atomic E-state index is 12.9. The number of benzene rings is 1. The zero-order valence-corrected chi connectivity index (χ0v) is 17.1. The molecule has 0 N–H and O–H groups in total. The molecule has 30 heavy (non-hydrogen) atoms. The molecule has 13 heteroatoms. The molecule has 1 fully saturated rings. The Morgan fingerprint density at radius 1 is 1.17 bits per heavy atom. The lowest BCUT2D eigenvalue weighted by Crippen LogP contribution is -2.49. The fraction of sp³-hybridized carbons (Fsp3) is 0.353. The third-order valence-electron chi connectivity index (χ3n) is 4.70. The minimum absolute atomic E-state index is 0.0169. The summed E-state index contributed by atoms with van der Waals surface area (Å²) < 4.78 is 65.2. The van der Waals surface area contributed by atoms with Gasteiger partial charge in [-0.3, -0.25) is 10.1 Å². The first kappa shape index (κ1) is 22.2. The number of nitro benzene ring substituents is 1. The van der Waals surface area contributed by atoms with Crippen molar-refractivity contribution in [2.45, 2.75) is 18.0 Å². The Bertz CT molecular complexity index is 1090. The van der Waals surface area contributed by atoms with Gasteiger partial charge in [0.25, 0.3) is 5.69 Å². The predicted molar refractivity (Wildman–Crippen MR) is 103 cm³/mol. The molecule has 2 heterocycles. The maximum absolute atomic E-state index is 12.9. The molecule has 0 amide bonds. The van der Waals surface area contributed by atoms with E-state index in [0.717, 1.165) is 16.4 Å². The first-order chi connectivity index (χ1) is 13.9. The van der Waals surface area contributed by atoms with Crippen molar-refractivity contribution in [3.8, 4) is 0 Å². The molecule has 0 unspecified atom stereocenters. The third-order valence-corrected chi connectivity index (χ3v) is 6.88. The lowest BCUT2D eigenvalue weighted by Gasteiger charge is -2.35. The SMILES string of the molecule is Cc1ccc(S(=O)(=O)N2CCN(c3ncc(C(F)(F)F)cc3Cl)CC2)cc1[N+](=O)[O-]. The number of pyridine rings is 1. The van der Waals surface area contributed by atoms with E-state index < -0.39 is 26.7 Å². The number of sulfonamides is 1. The Morgan fingerprint density at radius 2 is 1.80 bits per heavy atom. The highest BCUT2D eigenvalue weighted by molar-refractivity contribution is 7.89. The fourth-order valence-corrected chi connectivity index (χ4v) is 4.78. The van der Waals surface area contributed by atoms with Gasteiger partial charge in [0.1, 0.15) is 5.82 Å². The Morgan fingerprint density at radius 3 is 2.33 bits per heavy atom. The predicted octanol–water partition coefficient (Wildman–Crippen LogP) is 3.48. The van der Waals surface area contributed by atoms with Gasteiger partial charge in [0.05, 0.1) is 20.4 Å². The largest absolute Gasteiger partial charge is 0.417 e. The number of halogens is 4. The van der Waals surface area contributed by atoms with Crippen LogP contribution in [0.1, 0.15) is 11.1 Å². The normalized spacial score (nSPS) is 16.0. The summed E-state index contributed by atoms with van der Waals surface area (Å²) in [6.45, 7) is 1.83. The van der Waals surface area contributed by atoms with Gasteiger partial charge < -0.3 is 4.90 Å². The molecule has 1 aliphatic heterocycles. The number of alkyl halides is 3. The lowest BCUT2D eigenvalue weighted by atomic mass is 10.2. The molecule has 0 aliphatic carbocycles. The van der Waals surface area contributed by atoms with Gasteiger partial charge in [0.2, 0.25) is 10.0 Å². The summed E-state index contributed by atoms with van der Waals surface area (Å²) >= 11 is 5.95. The Hall–Kier alpha value is -2.44. The molecule has 2 aromatic rings. The molecule has 0 bridgehead atoms. The average molecular weight is 465 g/mol. The van der Waals surface area contributed by atoms with Gasteiger partial charge >= 0.3 is 6.18 Å². The monoisotopic (exact) mass is 464 g/mol. The van der Waals surface area contributed by atoms with Crippen LogP contribution in [-0.2, 0) is 16.2 Å². The van der Waals surface area contributed by atoms with Crippen molar-refractivity contribution in [1.82, 2.24) is 9.29 Å². The number of anilines is 1. The van der Waals surface area contributed by atoms with Crippen molar-refractivity contribution in [1.29, 1.82) is 0 Å².